The molecule has 1 aromatic carbocycles. The second-order valence-corrected chi connectivity index (χ2v) is 7.49. The maximum Gasteiger partial charge on any atom is 0.143 e. The Balaban J connectivity index is 1.26. The average Bonchev–Trinajstić information content (AvgIpc) is 3.43. The van der Waals surface area contributed by atoms with E-state index >= 15 is 0 Å². The summed E-state index contributed by atoms with van der Waals surface area (Å²) in [4.78, 5) is 28.9. The van der Waals surface area contributed by atoms with Gasteiger partial charge in [-0.05, 0) is 36.8 Å². The highest BCUT2D eigenvalue weighted by Crippen LogP contribution is 2.22. The zero-order valence-corrected chi connectivity index (χ0v) is 17.0. The van der Waals surface area contributed by atoms with Crippen molar-refractivity contribution < 1.29 is 4.79 Å². The van der Waals surface area contributed by atoms with Crippen LogP contribution in [0.2, 0.25) is 0 Å². The fourth-order valence-electron chi connectivity index (χ4n) is 3.60. The van der Waals surface area contributed by atoms with E-state index in [1.165, 1.54) is 0 Å². The predicted octanol–water partition coefficient (Wildman–Crippen LogP) is 4.07. The van der Waals surface area contributed by atoms with Gasteiger partial charge in [0.25, 0.3) is 0 Å². The van der Waals surface area contributed by atoms with E-state index in [1.807, 2.05) is 55.5 Å². The van der Waals surface area contributed by atoms with Gasteiger partial charge >= 0.3 is 0 Å². The van der Waals surface area contributed by atoms with Crippen molar-refractivity contribution in [3.05, 3.63) is 84.1 Å². The summed E-state index contributed by atoms with van der Waals surface area (Å²) in [6.45, 7) is 1.95. The lowest BCUT2D eigenvalue weighted by atomic mass is 10.0. The number of aromatic nitrogens is 6. The summed E-state index contributed by atoms with van der Waals surface area (Å²) in [6, 6.07) is 15.5. The molecule has 7 nitrogen and oxygen atoms in total. The van der Waals surface area contributed by atoms with Crippen molar-refractivity contribution in [2.45, 2.75) is 19.8 Å². The Morgan fingerprint density at radius 3 is 2.65 bits per heavy atom. The first-order valence-corrected chi connectivity index (χ1v) is 10.0. The number of carbonyl (C=O) groups excluding carboxylic acids is 1. The molecule has 5 rings (SSSR count). The normalized spacial score (nSPS) is 11.1. The first-order chi connectivity index (χ1) is 15.2. The van der Waals surface area contributed by atoms with Gasteiger partial charge in [0.05, 0.1) is 16.9 Å². The average molecular weight is 408 g/mol. The number of benzene rings is 1. The van der Waals surface area contributed by atoms with E-state index in [0.717, 1.165) is 50.6 Å². The minimum absolute atomic E-state index is 0.125. The van der Waals surface area contributed by atoms with Crippen molar-refractivity contribution in [3.8, 4) is 22.6 Å². The third-order valence-corrected chi connectivity index (χ3v) is 5.19. The summed E-state index contributed by atoms with van der Waals surface area (Å²) in [5.74, 6) is 0.920. The van der Waals surface area contributed by atoms with Crippen molar-refractivity contribution in [3.63, 3.8) is 0 Å². The number of carbonyl (C=O) groups is 1. The maximum atomic E-state index is 12.6. The van der Waals surface area contributed by atoms with Crippen LogP contribution in [0.25, 0.3) is 33.7 Å². The van der Waals surface area contributed by atoms with E-state index in [4.69, 9.17) is 0 Å². The Kier molecular flexibility index (Phi) is 4.84. The number of nitrogens with one attached hydrogen (secondary N) is 2. The Hall–Kier alpha value is -4.13. The number of fused-ring (bicyclic) bond motifs is 1. The van der Waals surface area contributed by atoms with Gasteiger partial charge in [-0.25, -0.2) is 4.98 Å². The van der Waals surface area contributed by atoms with Crippen molar-refractivity contribution in [2.75, 3.05) is 0 Å². The van der Waals surface area contributed by atoms with Gasteiger partial charge in [0, 0.05) is 48.3 Å². The van der Waals surface area contributed by atoms with Crippen LogP contribution in [0.1, 0.15) is 17.0 Å². The van der Waals surface area contributed by atoms with Crippen LogP contribution < -0.4 is 0 Å². The van der Waals surface area contributed by atoms with Crippen LogP contribution in [-0.4, -0.2) is 35.9 Å². The van der Waals surface area contributed by atoms with Crippen molar-refractivity contribution >= 4 is 16.8 Å². The molecule has 2 N–H and O–H groups in total. The molecule has 0 amide bonds. The van der Waals surface area contributed by atoms with Gasteiger partial charge in [0.1, 0.15) is 17.1 Å². The smallest absolute Gasteiger partial charge is 0.143 e. The number of ketones is 1. The van der Waals surface area contributed by atoms with Crippen LogP contribution in [0.15, 0.2) is 67.1 Å². The molecule has 0 saturated heterocycles. The number of imidazole rings is 1. The van der Waals surface area contributed by atoms with Crippen LogP contribution in [0.5, 0.6) is 0 Å². The molecule has 0 aliphatic carbocycles. The molecule has 0 bridgehead atoms. The van der Waals surface area contributed by atoms with Crippen molar-refractivity contribution in [2.24, 2.45) is 0 Å². The molecule has 0 saturated carbocycles. The van der Waals surface area contributed by atoms with Gasteiger partial charge in [-0.15, -0.1) is 0 Å². The fourth-order valence-corrected chi connectivity index (χ4v) is 3.60. The minimum atomic E-state index is 0.125. The summed E-state index contributed by atoms with van der Waals surface area (Å²) >= 11 is 0. The highest BCUT2D eigenvalue weighted by atomic mass is 16.1. The lowest BCUT2D eigenvalue weighted by molar-refractivity contribution is -0.117. The number of pyridine rings is 2. The summed E-state index contributed by atoms with van der Waals surface area (Å²) < 4.78 is 0. The molecule has 31 heavy (non-hydrogen) atoms. The molecule has 5 aromatic rings. The Morgan fingerprint density at radius 1 is 1.00 bits per heavy atom. The van der Waals surface area contributed by atoms with Gasteiger partial charge < -0.3 is 4.98 Å². The van der Waals surface area contributed by atoms with Crippen LogP contribution in [0.4, 0.5) is 0 Å². The molecule has 0 fully saturated rings. The van der Waals surface area contributed by atoms with E-state index in [9.17, 15) is 4.79 Å². The van der Waals surface area contributed by atoms with Gasteiger partial charge in [0.15, 0.2) is 0 Å². The minimum Gasteiger partial charge on any atom is -0.338 e. The monoisotopic (exact) mass is 408 g/mol. The summed E-state index contributed by atoms with van der Waals surface area (Å²) in [7, 11) is 0. The predicted molar refractivity (Wildman–Crippen MR) is 118 cm³/mol. The van der Waals surface area contributed by atoms with Crippen LogP contribution in [-0.2, 0) is 17.6 Å². The highest BCUT2D eigenvalue weighted by Gasteiger charge is 2.11. The number of hydrogen-bond donors (Lipinski definition) is 2. The molecule has 0 spiro atoms. The number of Topliss-reactive ketones (excluding diaryl/α,β-unsaturated/α-hetero) is 1. The third-order valence-electron chi connectivity index (χ3n) is 5.19. The fraction of sp³-hybridized carbons (Fsp3) is 0.125. The Labute approximate surface area is 178 Å². The van der Waals surface area contributed by atoms with Crippen molar-refractivity contribution in [1.82, 2.24) is 30.1 Å². The molecule has 0 atom stereocenters. The molecule has 0 unspecified atom stereocenters. The van der Waals surface area contributed by atoms with Gasteiger partial charge in [0.2, 0.25) is 0 Å². The topological polar surface area (TPSA) is 100 Å². The van der Waals surface area contributed by atoms with Crippen LogP contribution >= 0.6 is 0 Å². The first kappa shape index (κ1) is 18.9. The molecule has 7 heteroatoms. The number of nitrogens with zero attached hydrogens (tertiary/aromatic N) is 4. The van der Waals surface area contributed by atoms with E-state index in [1.54, 1.807) is 18.6 Å². The Bertz CT molecular complexity index is 1350. The van der Waals surface area contributed by atoms with Crippen LogP contribution in [0.3, 0.4) is 0 Å². The standard InChI is InChI=1S/C24H20N6O/c1-15-23-21(8-10-26-15)27-24(28-23)17-6-4-16(5-7-17)11-20(31)12-19-13-22(30-29-19)18-3-2-9-25-14-18/h2-10,13-14H,11-12H2,1H3,(H,27,28)(H,29,30). The number of rotatable bonds is 6. The summed E-state index contributed by atoms with van der Waals surface area (Å²) in [5, 5.41) is 7.24. The van der Waals surface area contributed by atoms with E-state index in [0.29, 0.717) is 12.8 Å². The summed E-state index contributed by atoms with van der Waals surface area (Å²) in [5.41, 5.74) is 7.19. The van der Waals surface area contributed by atoms with Gasteiger partial charge in [-0.2, -0.15) is 5.10 Å². The number of aromatic amines is 2. The number of aryl methyl sites for hydroxylation is 1. The van der Waals surface area contributed by atoms with Gasteiger partial charge in [-0.1, -0.05) is 24.3 Å². The van der Waals surface area contributed by atoms with E-state index < -0.39 is 0 Å². The third kappa shape index (κ3) is 3.98. The zero-order chi connectivity index (χ0) is 21.2. The molecular weight excluding hydrogens is 388 g/mol. The second-order valence-electron chi connectivity index (χ2n) is 7.49. The van der Waals surface area contributed by atoms with E-state index in [2.05, 4.69) is 30.1 Å². The molecule has 152 valence electrons. The quantitative estimate of drug-likeness (QED) is 0.441. The highest BCUT2D eigenvalue weighted by molar-refractivity contribution is 5.83. The largest absolute Gasteiger partial charge is 0.338 e. The zero-order valence-electron chi connectivity index (χ0n) is 17.0. The molecule has 4 aromatic heterocycles. The molecule has 4 heterocycles. The summed E-state index contributed by atoms with van der Waals surface area (Å²) in [6.07, 6.45) is 5.92. The maximum absolute atomic E-state index is 12.6. The number of hydrogen-bond acceptors (Lipinski definition) is 5. The molecule has 0 aliphatic heterocycles. The second kappa shape index (κ2) is 7.95. The lowest BCUT2D eigenvalue weighted by Crippen LogP contribution is -2.06. The van der Waals surface area contributed by atoms with Crippen LogP contribution in [0, 0.1) is 6.92 Å². The molecular formula is C24H20N6O. The van der Waals surface area contributed by atoms with Crippen molar-refractivity contribution in [1.29, 1.82) is 0 Å². The van der Waals surface area contributed by atoms with Gasteiger partial charge in [-0.3, -0.25) is 19.9 Å². The molecule has 0 aliphatic rings. The molecule has 0 radical (unpaired) electrons. The number of H-pyrrole nitrogens is 2. The lowest BCUT2D eigenvalue weighted by Gasteiger charge is -2.02. The van der Waals surface area contributed by atoms with E-state index in [-0.39, 0.29) is 5.78 Å². The first-order valence-electron chi connectivity index (χ1n) is 10.0. The Morgan fingerprint density at radius 2 is 1.87 bits per heavy atom. The SMILES string of the molecule is Cc1nccc2[nH]c(-c3ccc(CC(=O)Cc4cc(-c5cccnc5)n[nH]4)cc3)nc12.